The molecule has 0 saturated carbocycles. The second-order valence-electron chi connectivity index (χ2n) is 4.88. The second-order valence-corrected chi connectivity index (χ2v) is 5.80. The van der Waals surface area contributed by atoms with Crippen molar-refractivity contribution in [2.45, 2.75) is 19.8 Å². The maximum atomic E-state index is 12.1. The quantitative estimate of drug-likeness (QED) is 0.784. The summed E-state index contributed by atoms with van der Waals surface area (Å²) in [7, 11) is 0. The van der Waals surface area contributed by atoms with Crippen LogP contribution in [0.4, 0.5) is 0 Å². The van der Waals surface area contributed by atoms with Crippen molar-refractivity contribution in [3.63, 3.8) is 0 Å². The molecule has 6 heteroatoms. The van der Waals surface area contributed by atoms with Crippen LogP contribution in [0, 0.1) is 0 Å². The molecule has 0 bridgehead atoms. The van der Waals surface area contributed by atoms with Crippen molar-refractivity contribution in [2.24, 2.45) is 0 Å². The number of pyridine rings is 1. The molecule has 0 aromatic carbocycles. The molecule has 0 radical (unpaired) electrons. The van der Waals surface area contributed by atoms with Gasteiger partial charge >= 0.3 is 0 Å². The van der Waals surface area contributed by atoms with Crippen LogP contribution in [-0.2, 0) is 0 Å². The average molecular weight is 333 g/mol. The highest BCUT2D eigenvalue weighted by Crippen LogP contribution is 2.21. The molecule has 0 atom stereocenters. The van der Waals surface area contributed by atoms with Gasteiger partial charge in [0, 0.05) is 28.5 Å². The smallest absolute Gasteiger partial charge is 0.273 e. The number of aromatic amines is 1. The lowest BCUT2D eigenvalue weighted by molar-refractivity contribution is 0.870. The summed E-state index contributed by atoms with van der Waals surface area (Å²) in [6, 6.07) is 5.21. The first-order valence-electron chi connectivity index (χ1n) is 6.29. The van der Waals surface area contributed by atoms with Crippen molar-refractivity contribution in [3.05, 3.63) is 51.0 Å². The first-order valence-corrected chi connectivity index (χ1v) is 7.08. The van der Waals surface area contributed by atoms with Crippen LogP contribution in [0.5, 0.6) is 0 Å². The molecule has 0 fully saturated rings. The Morgan fingerprint density at radius 1 is 1.30 bits per heavy atom. The minimum Gasteiger partial charge on any atom is -0.297 e. The van der Waals surface area contributed by atoms with Crippen LogP contribution in [0.2, 0.25) is 0 Å². The number of hydrogen-bond donors (Lipinski definition) is 1. The number of H-pyrrole nitrogens is 1. The monoisotopic (exact) mass is 332 g/mol. The van der Waals surface area contributed by atoms with Crippen LogP contribution in [0.1, 0.15) is 25.3 Å². The van der Waals surface area contributed by atoms with E-state index in [9.17, 15) is 4.79 Å². The van der Waals surface area contributed by atoms with Gasteiger partial charge in [0.1, 0.15) is 0 Å². The number of fused-ring (bicyclic) bond motifs is 1. The predicted octanol–water partition coefficient (Wildman–Crippen LogP) is 2.97. The minimum atomic E-state index is -0.137. The maximum Gasteiger partial charge on any atom is 0.273 e. The predicted molar refractivity (Wildman–Crippen MR) is 80.8 cm³/mol. The van der Waals surface area contributed by atoms with Crippen molar-refractivity contribution in [2.75, 3.05) is 0 Å². The van der Waals surface area contributed by atoms with Crippen LogP contribution in [0.3, 0.4) is 0 Å². The topological polar surface area (TPSA) is 63.0 Å². The standard InChI is InChI=1S/C14H13BrN4O/c1-8(2)10-7-17-19-13(20)5-12(18-14(10)19)11-4-3-9(15)6-16-11/h3-8,17H,1-2H3. The lowest BCUT2D eigenvalue weighted by Crippen LogP contribution is -2.14. The van der Waals surface area contributed by atoms with Crippen molar-refractivity contribution in [1.82, 2.24) is 19.6 Å². The Morgan fingerprint density at radius 3 is 2.75 bits per heavy atom. The van der Waals surface area contributed by atoms with Gasteiger partial charge in [0.15, 0.2) is 5.65 Å². The first kappa shape index (κ1) is 13.1. The van der Waals surface area contributed by atoms with Crippen molar-refractivity contribution < 1.29 is 0 Å². The van der Waals surface area contributed by atoms with Crippen LogP contribution in [0.25, 0.3) is 17.0 Å². The molecule has 0 aliphatic carbocycles. The zero-order chi connectivity index (χ0) is 14.3. The third-order valence-electron chi connectivity index (χ3n) is 3.14. The molecule has 5 nitrogen and oxygen atoms in total. The van der Waals surface area contributed by atoms with Gasteiger partial charge in [0.05, 0.1) is 11.4 Å². The van der Waals surface area contributed by atoms with E-state index < -0.39 is 0 Å². The van der Waals surface area contributed by atoms with Crippen molar-refractivity contribution in [3.8, 4) is 11.4 Å². The average Bonchev–Trinajstić information content (AvgIpc) is 2.84. The van der Waals surface area contributed by atoms with Gasteiger partial charge in [-0.1, -0.05) is 13.8 Å². The van der Waals surface area contributed by atoms with Crippen molar-refractivity contribution >= 4 is 21.6 Å². The summed E-state index contributed by atoms with van der Waals surface area (Å²) in [5.41, 5.74) is 2.81. The molecule has 3 aromatic rings. The zero-order valence-corrected chi connectivity index (χ0v) is 12.7. The third kappa shape index (κ3) is 2.16. The number of nitrogens with one attached hydrogen (secondary N) is 1. The van der Waals surface area contributed by atoms with Gasteiger partial charge < -0.3 is 0 Å². The minimum absolute atomic E-state index is 0.137. The summed E-state index contributed by atoms with van der Waals surface area (Å²) in [5.74, 6) is 0.288. The summed E-state index contributed by atoms with van der Waals surface area (Å²) in [4.78, 5) is 21.0. The van der Waals surface area contributed by atoms with Gasteiger partial charge in [-0.2, -0.15) is 0 Å². The molecular weight excluding hydrogens is 320 g/mol. The van der Waals surface area contributed by atoms with E-state index in [1.54, 1.807) is 6.20 Å². The molecule has 0 aliphatic heterocycles. The maximum absolute atomic E-state index is 12.1. The Balaban J connectivity index is 2.25. The Bertz CT molecular complexity index is 817. The highest BCUT2D eigenvalue weighted by atomic mass is 79.9. The molecule has 0 spiro atoms. The number of aromatic nitrogens is 4. The number of hydrogen-bond acceptors (Lipinski definition) is 3. The molecule has 0 unspecified atom stereocenters. The van der Waals surface area contributed by atoms with Crippen LogP contribution < -0.4 is 5.56 Å². The molecule has 102 valence electrons. The van der Waals surface area contributed by atoms with Crippen LogP contribution in [0.15, 0.2) is 39.9 Å². The Hall–Kier alpha value is -1.95. The van der Waals surface area contributed by atoms with Crippen molar-refractivity contribution in [1.29, 1.82) is 0 Å². The number of rotatable bonds is 2. The summed E-state index contributed by atoms with van der Waals surface area (Å²) in [5, 5.41) is 2.94. The van der Waals surface area contributed by atoms with Crippen LogP contribution >= 0.6 is 15.9 Å². The molecule has 3 heterocycles. The molecule has 0 amide bonds. The fourth-order valence-electron chi connectivity index (χ4n) is 2.08. The van der Waals surface area contributed by atoms with Gasteiger partial charge in [-0.25, -0.2) is 9.50 Å². The lowest BCUT2D eigenvalue weighted by atomic mass is 10.1. The molecule has 20 heavy (non-hydrogen) atoms. The molecule has 0 aliphatic rings. The van der Waals surface area contributed by atoms with Gasteiger partial charge in [-0.15, -0.1) is 0 Å². The highest BCUT2D eigenvalue weighted by Gasteiger charge is 2.12. The fraction of sp³-hybridized carbons (Fsp3) is 0.214. The molecule has 3 aromatic heterocycles. The first-order chi connectivity index (χ1) is 9.56. The summed E-state index contributed by atoms with van der Waals surface area (Å²) in [6.07, 6.45) is 3.52. The lowest BCUT2D eigenvalue weighted by Gasteiger charge is -2.04. The number of halogens is 1. The highest BCUT2D eigenvalue weighted by molar-refractivity contribution is 9.10. The van der Waals surface area contributed by atoms with E-state index in [-0.39, 0.29) is 11.5 Å². The third-order valence-corrected chi connectivity index (χ3v) is 3.61. The van der Waals surface area contributed by atoms with E-state index in [4.69, 9.17) is 0 Å². The van der Waals surface area contributed by atoms with E-state index in [0.717, 1.165) is 10.0 Å². The SMILES string of the molecule is CC(C)c1c[nH]n2c(=O)cc(-c3ccc(Br)cn3)nc12. The van der Waals surface area contributed by atoms with Gasteiger partial charge in [0.2, 0.25) is 0 Å². The molecule has 0 saturated heterocycles. The fourth-order valence-corrected chi connectivity index (χ4v) is 2.32. The molecule has 3 rings (SSSR count). The Labute approximate surface area is 123 Å². The van der Waals surface area contributed by atoms with Crippen LogP contribution in [-0.4, -0.2) is 19.6 Å². The molecule has 1 N–H and O–H groups in total. The normalized spacial score (nSPS) is 11.4. The van der Waals surface area contributed by atoms with Gasteiger partial charge in [-0.3, -0.25) is 14.9 Å². The summed E-state index contributed by atoms with van der Waals surface area (Å²) >= 11 is 3.34. The van der Waals surface area contributed by atoms with E-state index in [2.05, 4.69) is 44.8 Å². The Morgan fingerprint density at radius 2 is 2.10 bits per heavy atom. The number of nitrogens with zero attached hydrogens (tertiary/aromatic N) is 3. The molecular formula is C14H13BrN4O. The van der Waals surface area contributed by atoms with Gasteiger partial charge in [0.25, 0.3) is 5.56 Å². The van der Waals surface area contributed by atoms with E-state index >= 15 is 0 Å². The summed E-state index contributed by atoms with van der Waals surface area (Å²) < 4.78 is 2.35. The second kappa shape index (κ2) is 4.86. The zero-order valence-electron chi connectivity index (χ0n) is 11.1. The largest absolute Gasteiger partial charge is 0.297 e. The summed E-state index contributed by atoms with van der Waals surface area (Å²) in [6.45, 7) is 4.14. The Kier molecular flexibility index (Phi) is 3.17. The van der Waals surface area contributed by atoms with E-state index in [1.165, 1.54) is 10.6 Å². The van der Waals surface area contributed by atoms with E-state index in [0.29, 0.717) is 17.0 Å². The van der Waals surface area contributed by atoms with Gasteiger partial charge in [-0.05, 0) is 34.0 Å². The van der Waals surface area contributed by atoms with E-state index in [1.807, 2.05) is 18.3 Å².